The Morgan fingerprint density at radius 1 is 1.71 bits per heavy atom. The molecular weight excluding hydrogens is 184 g/mol. The first-order valence-corrected chi connectivity index (χ1v) is 4.13. The van der Waals surface area contributed by atoms with E-state index in [1.807, 2.05) is 0 Å². The molecule has 0 spiro atoms. The molecule has 1 aromatic heterocycles. The zero-order chi connectivity index (χ0) is 10.4. The van der Waals surface area contributed by atoms with Gasteiger partial charge in [0.05, 0.1) is 19.4 Å². The second kappa shape index (κ2) is 5.18. The van der Waals surface area contributed by atoms with Crippen molar-refractivity contribution in [3.8, 4) is 0 Å². The predicted octanol–water partition coefficient (Wildman–Crippen LogP) is 0.430. The van der Waals surface area contributed by atoms with Gasteiger partial charge in [-0.1, -0.05) is 6.07 Å². The van der Waals surface area contributed by atoms with E-state index in [1.54, 1.807) is 18.3 Å². The summed E-state index contributed by atoms with van der Waals surface area (Å²) in [4.78, 5) is 14.7. The monoisotopic (exact) mass is 196 g/mol. The van der Waals surface area contributed by atoms with E-state index in [2.05, 4.69) is 15.0 Å². The number of nitrogens with one attached hydrogen (secondary N) is 1. The number of alkyl carbamates (subject to hydrolysis) is 1. The van der Waals surface area contributed by atoms with Crippen LogP contribution < -0.4 is 5.32 Å². The Balaban J connectivity index is 2.61. The predicted molar refractivity (Wildman–Crippen MR) is 49.4 cm³/mol. The third kappa shape index (κ3) is 2.70. The lowest BCUT2D eigenvalue weighted by Crippen LogP contribution is -2.23. The van der Waals surface area contributed by atoms with Crippen LogP contribution in [0, 0.1) is 0 Å². The van der Waals surface area contributed by atoms with Crippen LogP contribution in [0.15, 0.2) is 18.3 Å². The molecule has 0 atom stereocenters. The molecule has 0 bridgehead atoms. The molecule has 1 amide bonds. The van der Waals surface area contributed by atoms with Gasteiger partial charge in [-0.05, 0) is 11.6 Å². The second-order valence-electron chi connectivity index (χ2n) is 2.61. The fraction of sp³-hybridized carbons (Fsp3) is 0.333. The fourth-order valence-electron chi connectivity index (χ4n) is 1.01. The molecule has 0 unspecified atom stereocenters. The van der Waals surface area contributed by atoms with Crippen molar-refractivity contribution in [3.63, 3.8) is 0 Å². The van der Waals surface area contributed by atoms with E-state index in [9.17, 15) is 4.79 Å². The highest BCUT2D eigenvalue weighted by Crippen LogP contribution is 2.04. The number of ether oxygens (including phenoxy) is 1. The number of aliphatic hydroxyl groups excluding tert-OH is 1. The largest absolute Gasteiger partial charge is 0.453 e. The maximum atomic E-state index is 10.8. The minimum Gasteiger partial charge on any atom is -0.453 e. The first kappa shape index (κ1) is 10.5. The summed E-state index contributed by atoms with van der Waals surface area (Å²) >= 11 is 0. The number of aliphatic hydroxyl groups is 1. The minimum absolute atomic E-state index is 0.140. The molecule has 0 aliphatic heterocycles. The van der Waals surface area contributed by atoms with Crippen molar-refractivity contribution in [2.24, 2.45) is 0 Å². The second-order valence-corrected chi connectivity index (χ2v) is 2.61. The van der Waals surface area contributed by atoms with Crippen LogP contribution >= 0.6 is 0 Å². The van der Waals surface area contributed by atoms with Crippen molar-refractivity contribution in [1.29, 1.82) is 0 Å². The molecular formula is C9H12N2O3. The van der Waals surface area contributed by atoms with E-state index in [-0.39, 0.29) is 6.61 Å². The number of carbonyl (C=O) groups is 1. The van der Waals surface area contributed by atoms with Gasteiger partial charge < -0.3 is 15.2 Å². The summed E-state index contributed by atoms with van der Waals surface area (Å²) in [6, 6.07) is 3.53. The van der Waals surface area contributed by atoms with Crippen LogP contribution in [0.3, 0.4) is 0 Å². The van der Waals surface area contributed by atoms with E-state index >= 15 is 0 Å². The van der Waals surface area contributed by atoms with Gasteiger partial charge in [0.15, 0.2) is 0 Å². The van der Waals surface area contributed by atoms with E-state index < -0.39 is 6.09 Å². The average Bonchev–Trinajstić information content (AvgIpc) is 2.26. The van der Waals surface area contributed by atoms with Crippen LogP contribution in [0.5, 0.6) is 0 Å². The lowest BCUT2D eigenvalue weighted by atomic mass is 10.2. The van der Waals surface area contributed by atoms with Crippen molar-refractivity contribution in [3.05, 3.63) is 29.6 Å². The summed E-state index contributed by atoms with van der Waals surface area (Å²) in [6.07, 6.45) is 1.09. The van der Waals surface area contributed by atoms with Crippen LogP contribution in [-0.2, 0) is 17.9 Å². The first-order chi connectivity index (χ1) is 6.77. The number of hydrogen-bond acceptors (Lipinski definition) is 4. The Hall–Kier alpha value is -1.62. The summed E-state index contributed by atoms with van der Waals surface area (Å²) in [6.45, 7) is 0.162. The van der Waals surface area contributed by atoms with Gasteiger partial charge in [-0.25, -0.2) is 4.79 Å². The lowest BCUT2D eigenvalue weighted by molar-refractivity contribution is 0.170. The van der Waals surface area contributed by atoms with Gasteiger partial charge in [-0.15, -0.1) is 0 Å². The Morgan fingerprint density at radius 3 is 3.14 bits per heavy atom. The maximum Gasteiger partial charge on any atom is 0.407 e. The zero-order valence-electron chi connectivity index (χ0n) is 7.86. The highest BCUT2D eigenvalue weighted by Gasteiger charge is 2.03. The molecule has 0 radical (unpaired) electrons. The summed E-state index contributed by atoms with van der Waals surface area (Å²) in [7, 11) is 1.30. The molecule has 0 saturated heterocycles. The molecule has 0 aliphatic rings. The molecule has 5 nitrogen and oxygen atoms in total. The zero-order valence-corrected chi connectivity index (χ0v) is 7.86. The molecule has 0 fully saturated rings. The SMILES string of the molecule is COC(=O)NCc1cccnc1CO. The summed E-state index contributed by atoms with van der Waals surface area (Å²) in [5.41, 5.74) is 1.34. The van der Waals surface area contributed by atoms with E-state index in [4.69, 9.17) is 5.11 Å². The number of amides is 1. The molecule has 1 rings (SSSR count). The van der Waals surface area contributed by atoms with Gasteiger partial charge in [0.1, 0.15) is 0 Å². The van der Waals surface area contributed by atoms with E-state index in [0.717, 1.165) is 5.56 Å². The van der Waals surface area contributed by atoms with Crippen LogP contribution in [0.25, 0.3) is 0 Å². The van der Waals surface area contributed by atoms with Crippen LogP contribution in [-0.4, -0.2) is 23.3 Å². The number of hydrogen-bond donors (Lipinski definition) is 2. The Labute approximate surface area is 81.7 Å². The Morgan fingerprint density at radius 2 is 2.50 bits per heavy atom. The summed E-state index contributed by atoms with van der Waals surface area (Å²) in [5, 5.41) is 11.4. The van der Waals surface area contributed by atoms with Gasteiger partial charge in [0.2, 0.25) is 0 Å². The highest BCUT2D eigenvalue weighted by molar-refractivity contribution is 5.66. The van der Waals surface area contributed by atoms with Crippen molar-refractivity contribution >= 4 is 6.09 Å². The van der Waals surface area contributed by atoms with Crippen LogP contribution in [0.4, 0.5) is 4.79 Å². The lowest BCUT2D eigenvalue weighted by Gasteiger charge is -2.06. The van der Waals surface area contributed by atoms with Crippen molar-refractivity contribution in [2.45, 2.75) is 13.2 Å². The van der Waals surface area contributed by atoms with Gasteiger partial charge in [0.25, 0.3) is 0 Å². The number of aromatic nitrogens is 1. The highest BCUT2D eigenvalue weighted by atomic mass is 16.5. The summed E-state index contributed by atoms with van der Waals surface area (Å²) in [5.74, 6) is 0. The first-order valence-electron chi connectivity index (χ1n) is 4.13. The molecule has 0 aromatic carbocycles. The number of carbonyl (C=O) groups excluding carboxylic acids is 1. The van der Waals surface area contributed by atoms with E-state index in [1.165, 1.54) is 7.11 Å². The summed E-state index contributed by atoms with van der Waals surface area (Å²) < 4.78 is 4.41. The van der Waals surface area contributed by atoms with Crippen LogP contribution in [0.2, 0.25) is 0 Å². The number of methoxy groups -OCH3 is 1. The topological polar surface area (TPSA) is 71.5 Å². The molecule has 0 saturated carbocycles. The van der Waals surface area contributed by atoms with Gasteiger partial charge >= 0.3 is 6.09 Å². The fourth-order valence-corrected chi connectivity index (χ4v) is 1.01. The van der Waals surface area contributed by atoms with E-state index in [0.29, 0.717) is 12.2 Å². The molecule has 14 heavy (non-hydrogen) atoms. The molecule has 76 valence electrons. The number of pyridine rings is 1. The van der Waals surface area contributed by atoms with Gasteiger partial charge in [-0.2, -0.15) is 0 Å². The van der Waals surface area contributed by atoms with Crippen LogP contribution in [0.1, 0.15) is 11.3 Å². The third-order valence-corrected chi connectivity index (χ3v) is 1.74. The third-order valence-electron chi connectivity index (χ3n) is 1.74. The normalized spacial score (nSPS) is 9.57. The number of rotatable bonds is 3. The molecule has 0 aliphatic carbocycles. The van der Waals surface area contributed by atoms with Gasteiger partial charge in [0, 0.05) is 12.7 Å². The van der Waals surface area contributed by atoms with Crippen molar-refractivity contribution < 1.29 is 14.6 Å². The smallest absolute Gasteiger partial charge is 0.407 e. The minimum atomic E-state index is -0.502. The molecule has 2 N–H and O–H groups in total. The molecule has 1 aromatic rings. The Kier molecular flexibility index (Phi) is 3.87. The van der Waals surface area contributed by atoms with Gasteiger partial charge in [-0.3, -0.25) is 4.98 Å². The maximum absolute atomic E-state index is 10.8. The standard InChI is InChI=1S/C9H12N2O3/c1-14-9(13)11-5-7-3-2-4-10-8(7)6-12/h2-4,12H,5-6H2,1H3,(H,11,13). The number of nitrogens with zero attached hydrogens (tertiary/aromatic N) is 1. The molecule has 1 heterocycles. The van der Waals surface area contributed by atoms with Crippen molar-refractivity contribution in [2.75, 3.05) is 7.11 Å². The van der Waals surface area contributed by atoms with Crippen molar-refractivity contribution in [1.82, 2.24) is 10.3 Å². The quantitative estimate of drug-likeness (QED) is 0.735. The average molecular weight is 196 g/mol. The Bertz CT molecular complexity index is 315. The molecule has 5 heteroatoms.